The molecule has 10 heteroatoms. The molecule has 7 nitrogen and oxygen atoms in total. The number of nitrogens with two attached hydrogens (primary N) is 1. The lowest BCUT2D eigenvalue weighted by Crippen LogP contribution is -2.47. The Balaban J connectivity index is 1.99. The van der Waals surface area contributed by atoms with E-state index in [0.29, 0.717) is 37.6 Å². The van der Waals surface area contributed by atoms with E-state index in [-0.39, 0.29) is 42.3 Å². The van der Waals surface area contributed by atoms with Crippen LogP contribution in [0, 0.1) is 23.4 Å². The van der Waals surface area contributed by atoms with Crippen molar-refractivity contribution in [1.29, 1.82) is 0 Å². The summed E-state index contributed by atoms with van der Waals surface area (Å²) in [6, 6.07) is 0.731. The SMILES string of the molecule is CCC(CC[C@H](N)Cc1cc(F)c(F)cc1F)N(CC(C)C)C(=O)CNC(=O)c1cncn1C. The van der Waals surface area contributed by atoms with Crippen molar-refractivity contribution in [1.82, 2.24) is 19.8 Å². The van der Waals surface area contributed by atoms with Gasteiger partial charge in [-0.25, -0.2) is 18.2 Å². The average Bonchev–Trinajstić information content (AvgIpc) is 3.20. The van der Waals surface area contributed by atoms with Crippen molar-refractivity contribution in [2.24, 2.45) is 18.7 Å². The molecule has 0 aliphatic heterocycles. The van der Waals surface area contributed by atoms with Crippen LogP contribution in [0.1, 0.15) is 56.1 Å². The molecule has 1 unspecified atom stereocenters. The zero-order valence-electron chi connectivity index (χ0n) is 20.2. The number of rotatable bonds is 12. The first-order valence-electron chi connectivity index (χ1n) is 11.5. The summed E-state index contributed by atoms with van der Waals surface area (Å²) in [6.07, 6.45) is 4.66. The van der Waals surface area contributed by atoms with Gasteiger partial charge in [-0.15, -0.1) is 0 Å². The van der Waals surface area contributed by atoms with E-state index in [1.54, 1.807) is 16.5 Å². The molecule has 1 aromatic carbocycles. The third-order valence-electron chi connectivity index (χ3n) is 5.69. The van der Waals surface area contributed by atoms with Crippen LogP contribution in [-0.4, -0.2) is 51.4 Å². The van der Waals surface area contributed by atoms with E-state index in [2.05, 4.69) is 10.3 Å². The van der Waals surface area contributed by atoms with Gasteiger partial charge in [0.1, 0.15) is 11.5 Å². The minimum absolute atomic E-state index is 0.0208. The Kier molecular flexibility index (Phi) is 10.1. The Labute approximate surface area is 198 Å². The molecule has 188 valence electrons. The monoisotopic (exact) mass is 481 g/mol. The number of hydrogen-bond acceptors (Lipinski definition) is 4. The van der Waals surface area contributed by atoms with Gasteiger partial charge in [0.2, 0.25) is 5.91 Å². The Morgan fingerprint density at radius 2 is 1.82 bits per heavy atom. The molecular weight excluding hydrogens is 447 g/mol. The number of aromatic nitrogens is 2. The zero-order chi connectivity index (χ0) is 25.4. The molecule has 0 aliphatic carbocycles. The fourth-order valence-electron chi connectivity index (χ4n) is 3.86. The number of aryl methyl sites for hydroxylation is 1. The highest BCUT2D eigenvalue weighted by Gasteiger charge is 2.25. The first-order chi connectivity index (χ1) is 16.0. The smallest absolute Gasteiger partial charge is 0.269 e. The van der Waals surface area contributed by atoms with E-state index in [1.165, 1.54) is 12.5 Å². The van der Waals surface area contributed by atoms with E-state index < -0.39 is 23.5 Å². The molecule has 2 atom stereocenters. The van der Waals surface area contributed by atoms with Crippen molar-refractivity contribution in [3.05, 3.63) is 53.4 Å². The van der Waals surface area contributed by atoms with Crippen LogP contribution in [0.15, 0.2) is 24.7 Å². The maximum atomic E-state index is 14.0. The third kappa shape index (κ3) is 7.58. The van der Waals surface area contributed by atoms with Gasteiger partial charge in [-0.1, -0.05) is 20.8 Å². The number of nitrogens with zero attached hydrogens (tertiary/aromatic N) is 3. The molecule has 0 saturated heterocycles. The summed E-state index contributed by atoms with van der Waals surface area (Å²) >= 11 is 0. The van der Waals surface area contributed by atoms with Crippen molar-refractivity contribution in [3.63, 3.8) is 0 Å². The summed E-state index contributed by atoms with van der Waals surface area (Å²) in [4.78, 5) is 31.0. The second-order valence-corrected chi connectivity index (χ2v) is 8.97. The van der Waals surface area contributed by atoms with E-state index in [1.807, 2.05) is 20.8 Å². The maximum absolute atomic E-state index is 14.0. The third-order valence-corrected chi connectivity index (χ3v) is 5.69. The van der Waals surface area contributed by atoms with Gasteiger partial charge in [0.15, 0.2) is 11.6 Å². The van der Waals surface area contributed by atoms with Gasteiger partial charge in [0, 0.05) is 31.7 Å². The second kappa shape index (κ2) is 12.5. The lowest BCUT2D eigenvalue weighted by molar-refractivity contribution is -0.133. The zero-order valence-corrected chi connectivity index (χ0v) is 20.2. The lowest BCUT2D eigenvalue weighted by Gasteiger charge is -2.33. The van der Waals surface area contributed by atoms with Crippen LogP contribution in [0.3, 0.4) is 0 Å². The van der Waals surface area contributed by atoms with Crippen molar-refractivity contribution in [3.8, 4) is 0 Å². The highest BCUT2D eigenvalue weighted by molar-refractivity contribution is 5.95. The molecule has 1 heterocycles. The molecule has 2 rings (SSSR count). The van der Waals surface area contributed by atoms with Crippen molar-refractivity contribution in [2.75, 3.05) is 13.1 Å². The van der Waals surface area contributed by atoms with Gasteiger partial charge in [-0.05, 0) is 43.2 Å². The molecule has 1 aromatic heterocycles. The van der Waals surface area contributed by atoms with Crippen LogP contribution < -0.4 is 11.1 Å². The van der Waals surface area contributed by atoms with Crippen LogP contribution in [-0.2, 0) is 18.3 Å². The minimum atomic E-state index is -1.24. The van der Waals surface area contributed by atoms with Crippen LogP contribution in [0.4, 0.5) is 13.2 Å². The molecule has 0 saturated carbocycles. The number of benzene rings is 1. The van der Waals surface area contributed by atoms with Crippen molar-refractivity contribution >= 4 is 11.8 Å². The fourth-order valence-corrected chi connectivity index (χ4v) is 3.86. The van der Waals surface area contributed by atoms with Gasteiger partial charge >= 0.3 is 0 Å². The fraction of sp³-hybridized carbons (Fsp3) is 0.542. The molecule has 0 fully saturated rings. The van der Waals surface area contributed by atoms with Crippen LogP contribution in [0.25, 0.3) is 0 Å². The van der Waals surface area contributed by atoms with Gasteiger partial charge < -0.3 is 20.5 Å². The predicted molar refractivity (Wildman–Crippen MR) is 123 cm³/mol. The van der Waals surface area contributed by atoms with E-state index >= 15 is 0 Å². The number of amides is 2. The predicted octanol–water partition coefficient (Wildman–Crippen LogP) is 3.18. The second-order valence-electron chi connectivity index (χ2n) is 8.97. The van der Waals surface area contributed by atoms with Gasteiger partial charge in [-0.3, -0.25) is 9.59 Å². The number of carbonyl (C=O) groups excluding carboxylic acids is 2. The molecule has 2 aromatic rings. The number of imidazole rings is 1. The van der Waals surface area contributed by atoms with Crippen molar-refractivity contribution < 1.29 is 22.8 Å². The Hall–Kier alpha value is -2.88. The molecule has 2 amide bonds. The molecule has 0 spiro atoms. The topological polar surface area (TPSA) is 93.2 Å². The van der Waals surface area contributed by atoms with Crippen LogP contribution in [0.2, 0.25) is 0 Å². The van der Waals surface area contributed by atoms with Gasteiger partial charge in [-0.2, -0.15) is 0 Å². The highest BCUT2D eigenvalue weighted by atomic mass is 19.2. The van der Waals surface area contributed by atoms with E-state index in [0.717, 1.165) is 6.07 Å². The first kappa shape index (κ1) is 27.4. The summed E-state index contributed by atoms with van der Waals surface area (Å²) in [6.45, 7) is 6.31. The van der Waals surface area contributed by atoms with Crippen LogP contribution >= 0.6 is 0 Å². The van der Waals surface area contributed by atoms with Crippen LogP contribution in [0.5, 0.6) is 0 Å². The molecule has 34 heavy (non-hydrogen) atoms. The van der Waals surface area contributed by atoms with Crippen molar-refractivity contribution in [2.45, 2.75) is 58.5 Å². The largest absolute Gasteiger partial charge is 0.342 e. The summed E-state index contributed by atoms with van der Waals surface area (Å²) in [5.41, 5.74) is 6.53. The number of carbonyl (C=O) groups is 2. The number of nitrogens with one attached hydrogen (secondary N) is 1. The molecule has 3 N–H and O–H groups in total. The minimum Gasteiger partial charge on any atom is -0.342 e. The maximum Gasteiger partial charge on any atom is 0.269 e. The Morgan fingerprint density at radius 3 is 2.41 bits per heavy atom. The average molecular weight is 482 g/mol. The molecule has 0 aliphatic rings. The summed E-state index contributed by atoms with van der Waals surface area (Å²) in [5.74, 6) is -3.58. The Morgan fingerprint density at radius 1 is 1.15 bits per heavy atom. The summed E-state index contributed by atoms with van der Waals surface area (Å²) in [7, 11) is 1.69. The molecule has 0 bridgehead atoms. The summed E-state index contributed by atoms with van der Waals surface area (Å²) in [5, 5.41) is 2.65. The lowest BCUT2D eigenvalue weighted by atomic mass is 9.97. The molecular formula is C24H34F3N5O2. The Bertz CT molecular complexity index is 980. The van der Waals surface area contributed by atoms with Gasteiger partial charge in [0.05, 0.1) is 19.1 Å². The standard InChI is InChI=1S/C24H34F3N5O2/c1-5-18(7-6-17(28)8-16-9-20(26)21(27)10-19(16)25)32(13-15(2)3)23(33)12-30-24(34)22-11-29-14-31(22)4/h9-11,14-15,17-18H,5-8,12-13,28H2,1-4H3,(H,30,34)/t17-,18?/m0/s1. The number of halogens is 3. The normalized spacial score (nSPS) is 13.1. The van der Waals surface area contributed by atoms with E-state index in [9.17, 15) is 22.8 Å². The van der Waals surface area contributed by atoms with Gasteiger partial charge in [0.25, 0.3) is 5.91 Å². The van der Waals surface area contributed by atoms with E-state index in [4.69, 9.17) is 5.73 Å². The summed E-state index contributed by atoms with van der Waals surface area (Å²) < 4.78 is 42.2. The molecule has 0 radical (unpaired) electrons. The number of hydrogen-bond donors (Lipinski definition) is 2. The quantitative estimate of drug-likeness (QED) is 0.456. The highest BCUT2D eigenvalue weighted by Crippen LogP contribution is 2.19. The first-order valence-corrected chi connectivity index (χ1v) is 11.5.